The molecule has 2 aliphatic rings. The van der Waals surface area contributed by atoms with Crippen LogP contribution < -0.4 is 5.32 Å². The lowest BCUT2D eigenvalue weighted by Gasteiger charge is -2.30. The molecular formula is C18H18N4O. The van der Waals surface area contributed by atoms with Crippen molar-refractivity contribution in [2.24, 2.45) is 5.92 Å². The second-order valence-corrected chi connectivity index (χ2v) is 6.53. The number of rotatable bonds is 2. The molecule has 4 rings (SSSR count). The molecule has 5 nitrogen and oxygen atoms in total. The normalized spacial score (nSPS) is 26.0. The van der Waals surface area contributed by atoms with Crippen molar-refractivity contribution in [1.82, 2.24) is 15.2 Å². The Bertz CT molecular complexity index is 798. The number of pyridine rings is 1. The molecule has 1 aromatic carbocycles. The summed E-state index contributed by atoms with van der Waals surface area (Å²) in [6, 6.07) is 9.58. The number of nitrogens with one attached hydrogen (secondary N) is 1. The van der Waals surface area contributed by atoms with Gasteiger partial charge in [0.05, 0.1) is 11.6 Å². The number of carbonyl (C=O) groups is 1. The highest BCUT2D eigenvalue weighted by Gasteiger charge is 2.33. The van der Waals surface area contributed by atoms with Gasteiger partial charge in [0.15, 0.2) is 0 Å². The van der Waals surface area contributed by atoms with Crippen molar-refractivity contribution in [2.75, 3.05) is 19.6 Å². The summed E-state index contributed by atoms with van der Waals surface area (Å²) in [6.45, 7) is 3.25. The molecule has 2 saturated heterocycles. The van der Waals surface area contributed by atoms with Gasteiger partial charge in [0.1, 0.15) is 5.69 Å². The average molecular weight is 306 g/mol. The number of nitrogens with zero attached hydrogens (tertiary/aromatic N) is 3. The van der Waals surface area contributed by atoms with E-state index in [4.69, 9.17) is 0 Å². The summed E-state index contributed by atoms with van der Waals surface area (Å²) in [7, 11) is 0. The van der Waals surface area contributed by atoms with Crippen molar-refractivity contribution < 1.29 is 4.79 Å². The Morgan fingerprint density at radius 3 is 3.13 bits per heavy atom. The van der Waals surface area contributed by atoms with Crippen molar-refractivity contribution in [3.63, 3.8) is 0 Å². The molecule has 2 bridgehead atoms. The molecule has 0 spiro atoms. The van der Waals surface area contributed by atoms with Crippen LogP contribution >= 0.6 is 0 Å². The molecule has 23 heavy (non-hydrogen) atoms. The molecule has 1 aromatic heterocycles. The number of fused-ring (bicyclic) bond motifs is 3. The minimum absolute atomic E-state index is 0.146. The maximum atomic E-state index is 12.5. The molecule has 0 aliphatic carbocycles. The summed E-state index contributed by atoms with van der Waals surface area (Å²) in [5.74, 6) is 0.566. The van der Waals surface area contributed by atoms with E-state index in [1.807, 2.05) is 12.1 Å². The Hall–Kier alpha value is -2.45. The van der Waals surface area contributed by atoms with E-state index >= 15 is 0 Å². The van der Waals surface area contributed by atoms with Gasteiger partial charge in [-0.05, 0) is 37.4 Å². The first-order valence-corrected chi connectivity index (χ1v) is 8.05. The molecular weight excluding hydrogens is 288 g/mol. The average Bonchev–Trinajstić information content (AvgIpc) is 2.92. The van der Waals surface area contributed by atoms with Gasteiger partial charge in [-0.15, -0.1) is 0 Å². The SMILES string of the molecule is N#Cc1cccc2cnc(C(=O)N[C@@H]3C[C@H]4CCN(C4)C3)cc12. The van der Waals surface area contributed by atoms with E-state index in [1.165, 1.54) is 13.0 Å². The van der Waals surface area contributed by atoms with Crippen LogP contribution in [0.5, 0.6) is 0 Å². The number of hydrogen-bond donors (Lipinski definition) is 1. The van der Waals surface area contributed by atoms with E-state index < -0.39 is 0 Å². The van der Waals surface area contributed by atoms with Crippen molar-refractivity contribution in [1.29, 1.82) is 5.26 Å². The highest BCUT2D eigenvalue weighted by atomic mass is 16.1. The highest BCUT2D eigenvalue weighted by molar-refractivity contribution is 5.97. The van der Waals surface area contributed by atoms with Crippen molar-refractivity contribution in [3.8, 4) is 6.07 Å². The van der Waals surface area contributed by atoms with Gasteiger partial charge in [0.25, 0.3) is 5.91 Å². The van der Waals surface area contributed by atoms with E-state index in [2.05, 4.69) is 21.3 Å². The number of aromatic nitrogens is 1. The largest absolute Gasteiger partial charge is 0.347 e. The lowest BCUT2D eigenvalue weighted by atomic mass is 9.96. The summed E-state index contributed by atoms with van der Waals surface area (Å²) in [5, 5.41) is 14.0. The zero-order valence-electron chi connectivity index (χ0n) is 12.8. The van der Waals surface area contributed by atoms with Crippen LogP contribution in [0.1, 0.15) is 28.9 Å². The zero-order valence-corrected chi connectivity index (χ0v) is 12.8. The van der Waals surface area contributed by atoms with Gasteiger partial charge in [-0.2, -0.15) is 5.26 Å². The van der Waals surface area contributed by atoms with Crippen LogP contribution in [0.2, 0.25) is 0 Å². The Balaban J connectivity index is 1.56. The van der Waals surface area contributed by atoms with Crippen LogP contribution in [0.4, 0.5) is 0 Å². The van der Waals surface area contributed by atoms with E-state index in [-0.39, 0.29) is 11.9 Å². The van der Waals surface area contributed by atoms with E-state index in [0.29, 0.717) is 17.2 Å². The molecule has 1 unspecified atom stereocenters. The molecule has 0 radical (unpaired) electrons. The highest BCUT2D eigenvalue weighted by Crippen LogP contribution is 2.27. The Labute approximate surface area is 134 Å². The summed E-state index contributed by atoms with van der Waals surface area (Å²) in [6.07, 6.45) is 3.96. The number of carbonyl (C=O) groups excluding carboxylic acids is 1. The lowest BCUT2D eigenvalue weighted by molar-refractivity contribution is 0.0904. The van der Waals surface area contributed by atoms with Crippen molar-refractivity contribution in [2.45, 2.75) is 18.9 Å². The summed E-state index contributed by atoms with van der Waals surface area (Å²) < 4.78 is 0. The van der Waals surface area contributed by atoms with Gasteiger partial charge in [-0.3, -0.25) is 9.78 Å². The van der Waals surface area contributed by atoms with Gasteiger partial charge < -0.3 is 10.2 Å². The van der Waals surface area contributed by atoms with Gasteiger partial charge in [-0.25, -0.2) is 0 Å². The fraction of sp³-hybridized carbons (Fsp3) is 0.389. The topological polar surface area (TPSA) is 69.0 Å². The van der Waals surface area contributed by atoms with Gasteiger partial charge in [0, 0.05) is 36.1 Å². The van der Waals surface area contributed by atoms with Gasteiger partial charge in [0.2, 0.25) is 0 Å². The van der Waals surface area contributed by atoms with Crippen LogP contribution in [0, 0.1) is 17.2 Å². The van der Waals surface area contributed by atoms with Gasteiger partial charge in [-0.1, -0.05) is 12.1 Å². The second-order valence-electron chi connectivity index (χ2n) is 6.53. The summed E-state index contributed by atoms with van der Waals surface area (Å²) >= 11 is 0. The monoisotopic (exact) mass is 306 g/mol. The molecule has 2 fully saturated rings. The summed E-state index contributed by atoms with van der Waals surface area (Å²) in [5.41, 5.74) is 0.953. The molecule has 1 amide bonds. The first-order valence-electron chi connectivity index (χ1n) is 8.05. The zero-order chi connectivity index (χ0) is 15.8. The number of hydrogen-bond acceptors (Lipinski definition) is 4. The lowest BCUT2D eigenvalue weighted by Crippen LogP contribution is -2.47. The molecule has 3 heterocycles. The van der Waals surface area contributed by atoms with E-state index in [9.17, 15) is 10.1 Å². The molecule has 2 aliphatic heterocycles. The Kier molecular flexibility index (Phi) is 3.47. The molecule has 3 atom stereocenters. The maximum Gasteiger partial charge on any atom is 0.270 e. The van der Waals surface area contributed by atoms with E-state index in [1.54, 1.807) is 18.3 Å². The maximum absolute atomic E-state index is 12.5. The number of benzene rings is 1. The first-order chi connectivity index (χ1) is 11.2. The third-order valence-corrected chi connectivity index (χ3v) is 4.92. The van der Waals surface area contributed by atoms with Crippen LogP contribution in [0.15, 0.2) is 30.5 Å². The third-order valence-electron chi connectivity index (χ3n) is 4.92. The van der Waals surface area contributed by atoms with Crippen LogP contribution in [-0.2, 0) is 0 Å². The molecule has 116 valence electrons. The fourth-order valence-corrected chi connectivity index (χ4v) is 3.82. The standard InChI is InChI=1S/C18H18N4O/c19-8-13-2-1-3-14-9-20-17(7-16(13)14)18(23)21-15-6-12-4-5-22(10-12)11-15/h1-3,7,9,12,15H,4-6,10-11H2,(H,21,23)/t12-,15-/m1/s1. The predicted molar refractivity (Wildman–Crippen MR) is 86.9 cm³/mol. The van der Waals surface area contributed by atoms with Crippen LogP contribution in [0.3, 0.4) is 0 Å². The molecule has 2 aromatic rings. The van der Waals surface area contributed by atoms with Crippen LogP contribution in [-0.4, -0.2) is 41.5 Å². The quantitative estimate of drug-likeness (QED) is 0.920. The summed E-state index contributed by atoms with van der Waals surface area (Å²) in [4.78, 5) is 19.2. The fourth-order valence-electron chi connectivity index (χ4n) is 3.82. The molecule has 0 saturated carbocycles. The third kappa shape index (κ3) is 2.66. The van der Waals surface area contributed by atoms with Gasteiger partial charge >= 0.3 is 0 Å². The predicted octanol–water partition coefficient (Wildman–Crippen LogP) is 1.93. The number of piperidine rings is 1. The first kappa shape index (κ1) is 14.2. The van der Waals surface area contributed by atoms with Crippen LogP contribution in [0.25, 0.3) is 10.8 Å². The molecule has 1 N–H and O–H groups in total. The Morgan fingerprint density at radius 1 is 1.39 bits per heavy atom. The second kappa shape index (κ2) is 5.64. The minimum atomic E-state index is -0.146. The van der Waals surface area contributed by atoms with E-state index in [0.717, 1.165) is 30.3 Å². The smallest absolute Gasteiger partial charge is 0.270 e. The number of amides is 1. The minimum Gasteiger partial charge on any atom is -0.347 e. The number of nitriles is 1. The van der Waals surface area contributed by atoms with Crippen molar-refractivity contribution >= 4 is 16.7 Å². The van der Waals surface area contributed by atoms with Crippen molar-refractivity contribution in [3.05, 3.63) is 41.7 Å². The Morgan fingerprint density at radius 2 is 2.30 bits per heavy atom. The molecule has 5 heteroatoms.